The molecule has 29 heavy (non-hydrogen) atoms. The molecule has 0 aliphatic carbocycles. The molecule has 3 aromatic rings. The molecule has 1 heterocycles. The number of hydrogen-bond donors (Lipinski definition) is 1. The molecule has 0 spiro atoms. The molecule has 0 fully saturated rings. The Balaban J connectivity index is 1.70. The number of carbonyl (C=O) groups excluding carboxylic acids is 2. The van der Waals surface area contributed by atoms with Gasteiger partial charge in [-0.2, -0.15) is 0 Å². The fraction of sp³-hybridized carbons (Fsp3) is 0.238. The van der Waals surface area contributed by atoms with Crippen molar-refractivity contribution in [2.75, 3.05) is 19.5 Å². The zero-order valence-corrected chi connectivity index (χ0v) is 17.1. The first kappa shape index (κ1) is 20.8. The molecule has 7 nitrogen and oxygen atoms in total. The second-order valence-electron chi connectivity index (χ2n) is 6.35. The highest BCUT2D eigenvalue weighted by Crippen LogP contribution is 2.24. The van der Waals surface area contributed by atoms with Gasteiger partial charge in [-0.1, -0.05) is 53.7 Å². The standard InChI is InChI=1S/C21H22N4O3S/c1-15-7-6-10-17(13-15)19-23-24-21(25(19)11-12-28-2)29-14-18(26)22-20(27)16-8-4-3-5-9-16/h3-10,13H,11-12,14H2,1-2H3,(H,22,26,27). The third-order valence-corrected chi connectivity index (χ3v) is 5.10. The van der Waals surface area contributed by atoms with Gasteiger partial charge in [-0.3, -0.25) is 19.5 Å². The van der Waals surface area contributed by atoms with Crippen molar-refractivity contribution in [3.8, 4) is 11.4 Å². The van der Waals surface area contributed by atoms with Gasteiger partial charge in [0.1, 0.15) is 0 Å². The molecule has 0 bridgehead atoms. The van der Waals surface area contributed by atoms with Crippen LogP contribution in [0.1, 0.15) is 15.9 Å². The van der Waals surface area contributed by atoms with E-state index in [0.717, 1.165) is 11.1 Å². The highest BCUT2D eigenvalue weighted by molar-refractivity contribution is 7.99. The van der Waals surface area contributed by atoms with Crippen LogP contribution in [0.5, 0.6) is 0 Å². The molecule has 0 unspecified atom stereocenters. The number of aromatic nitrogens is 3. The number of nitrogens with zero attached hydrogens (tertiary/aromatic N) is 3. The van der Waals surface area contributed by atoms with Crippen molar-refractivity contribution in [1.82, 2.24) is 20.1 Å². The summed E-state index contributed by atoms with van der Waals surface area (Å²) in [5.74, 6) is -0.0360. The van der Waals surface area contributed by atoms with Gasteiger partial charge in [-0.05, 0) is 25.1 Å². The van der Waals surface area contributed by atoms with Gasteiger partial charge in [0.15, 0.2) is 11.0 Å². The summed E-state index contributed by atoms with van der Waals surface area (Å²) in [5.41, 5.74) is 2.51. The fourth-order valence-electron chi connectivity index (χ4n) is 2.73. The molecule has 2 aromatic carbocycles. The van der Waals surface area contributed by atoms with Crippen LogP contribution in [0.25, 0.3) is 11.4 Å². The summed E-state index contributed by atoms with van der Waals surface area (Å²) in [5, 5.41) is 11.5. The Kier molecular flexibility index (Phi) is 7.15. The maximum Gasteiger partial charge on any atom is 0.257 e. The molecular weight excluding hydrogens is 388 g/mol. The third kappa shape index (κ3) is 5.52. The normalized spacial score (nSPS) is 10.7. The van der Waals surface area contributed by atoms with Gasteiger partial charge in [0.05, 0.1) is 18.9 Å². The van der Waals surface area contributed by atoms with E-state index in [1.54, 1.807) is 31.4 Å². The molecule has 3 rings (SSSR count). The number of aryl methyl sites for hydroxylation is 1. The van der Waals surface area contributed by atoms with Crippen molar-refractivity contribution in [3.63, 3.8) is 0 Å². The molecule has 1 N–H and O–H groups in total. The minimum atomic E-state index is -0.419. The first-order valence-corrected chi connectivity index (χ1v) is 10.1. The number of rotatable bonds is 8. The molecule has 2 amide bonds. The highest BCUT2D eigenvalue weighted by atomic mass is 32.2. The number of carbonyl (C=O) groups is 2. The van der Waals surface area contributed by atoms with Gasteiger partial charge in [0.2, 0.25) is 5.91 Å². The number of amides is 2. The van der Waals surface area contributed by atoms with Gasteiger partial charge in [-0.25, -0.2) is 0 Å². The van der Waals surface area contributed by atoms with Gasteiger partial charge < -0.3 is 4.74 Å². The lowest BCUT2D eigenvalue weighted by atomic mass is 10.1. The second-order valence-corrected chi connectivity index (χ2v) is 7.29. The quantitative estimate of drug-likeness (QED) is 0.575. The van der Waals surface area contributed by atoms with Crippen LogP contribution >= 0.6 is 11.8 Å². The van der Waals surface area contributed by atoms with Crippen LogP contribution < -0.4 is 5.32 Å². The Morgan fingerprint density at radius 3 is 2.62 bits per heavy atom. The van der Waals surface area contributed by atoms with E-state index in [9.17, 15) is 9.59 Å². The Labute approximate surface area is 173 Å². The minimum Gasteiger partial charge on any atom is -0.383 e. The molecule has 1 aromatic heterocycles. The van der Waals surface area contributed by atoms with E-state index >= 15 is 0 Å². The van der Waals surface area contributed by atoms with E-state index in [1.807, 2.05) is 41.8 Å². The van der Waals surface area contributed by atoms with Crippen molar-refractivity contribution >= 4 is 23.6 Å². The summed E-state index contributed by atoms with van der Waals surface area (Å²) in [6.07, 6.45) is 0. The van der Waals surface area contributed by atoms with Crippen LogP contribution in [0, 0.1) is 6.92 Å². The molecular formula is C21H22N4O3S. The summed E-state index contributed by atoms with van der Waals surface area (Å²) >= 11 is 1.23. The van der Waals surface area contributed by atoms with Gasteiger partial charge in [0, 0.05) is 18.2 Å². The summed E-state index contributed by atoms with van der Waals surface area (Å²) in [4.78, 5) is 24.3. The van der Waals surface area contributed by atoms with Gasteiger partial charge in [0.25, 0.3) is 5.91 Å². The van der Waals surface area contributed by atoms with E-state index in [1.165, 1.54) is 11.8 Å². The number of imide groups is 1. The Bertz CT molecular complexity index is 989. The first-order chi connectivity index (χ1) is 14.1. The van der Waals surface area contributed by atoms with Gasteiger partial charge in [-0.15, -0.1) is 10.2 Å². The third-order valence-electron chi connectivity index (χ3n) is 4.13. The SMILES string of the molecule is COCCn1c(SCC(=O)NC(=O)c2ccccc2)nnc1-c1cccc(C)c1. The van der Waals surface area contributed by atoms with Crippen molar-refractivity contribution in [1.29, 1.82) is 0 Å². The molecule has 0 atom stereocenters. The van der Waals surface area contributed by atoms with Crippen LogP contribution in [0.4, 0.5) is 0 Å². The first-order valence-electron chi connectivity index (χ1n) is 9.09. The Hall–Kier alpha value is -2.97. The average Bonchev–Trinajstić information content (AvgIpc) is 3.14. The van der Waals surface area contributed by atoms with Crippen molar-refractivity contribution in [3.05, 3.63) is 65.7 Å². The van der Waals surface area contributed by atoms with Crippen LogP contribution in [0.15, 0.2) is 59.8 Å². The van der Waals surface area contributed by atoms with Crippen molar-refractivity contribution in [2.45, 2.75) is 18.6 Å². The van der Waals surface area contributed by atoms with Crippen LogP contribution in [0.3, 0.4) is 0 Å². The van der Waals surface area contributed by atoms with Crippen LogP contribution in [0.2, 0.25) is 0 Å². The smallest absolute Gasteiger partial charge is 0.257 e. The highest BCUT2D eigenvalue weighted by Gasteiger charge is 2.17. The van der Waals surface area contributed by atoms with Gasteiger partial charge >= 0.3 is 0 Å². The van der Waals surface area contributed by atoms with E-state index in [-0.39, 0.29) is 11.7 Å². The summed E-state index contributed by atoms with van der Waals surface area (Å²) in [7, 11) is 1.63. The maximum atomic E-state index is 12.2. The lowest BCUT2D eigenvalue weighted by Gasteiger charge is -2.10. The van der Waals surface area contributed by atoms with E-state index in [2.05, 4.69) is 15.5 Å². The lowest BCUT2D eigenvalue weighted by Crippen LogP contribution is -2.31. The molecule has 0 saturated heterocycles. The zero-order chi connectivity index (χ0) is 20.6. The Morgan fingerprint density at radius 2 is 1.90 bits per heavy atom. The Morgan fingerprint density at radius 1 is 1.10 bits per heavy atom. The number of nitrogens with one attached hydrogen (secondary N) is 1. The number of hydrogen-bond acceptors (Lipinski definition) is 6. The van der Waals surface area contributed by atoms with Crippen molar-refractivity contribution in [2.24, 2.45) is 0 Å². The second kappa shape index (κ2) is 9.99. The number of ether oxygens (including phenoxy) is 1. The predicted molar refractivity (Wildman–Crippen MR) is 112 cm³/mol. The topological polar surface area (TPSA) is 86.1 Å². The van der Waals surface area contributed by atoms with Crippen molar-refractivity contribution < 1.29 is 14.3 Å². The maximum absolute atomic E-state index is 12.2. The zero-order valence-electron chi connectivity index (χ0n) is 16.3. The van der Waals surface area contributed by atoms with E-state index in [0.29, 0.717) is 29.7 Å². The fourth-order valence-corrected chi connectivity index (χ4v) is 3.50. The van der Waals surface area contributed by atoms with Crippen LogP contribution in [-0.2, 0) is 16.1 Å². The largest absolute Gasteiger partial charge is 0.383 e. The number of benzene rings is 2. The minimum absolute atomic E-state index is 0.0531. The monoisotopic (exact) mass is 410 g/mol. The number of thioether (sulfide) groups is 1. The summed E-state index contributed by atoms with van der Waals surface area (Å²) < 4.78 is 7.13. The molecule has 150 valence electrons. The molecule has 8 heteroatoms. The molecule has 0 aliphatic heterocycles. The molecule has 0 radical (unpaired) electrons. The predicted octanol–water partition coefficient (Wildman–Crippen LogP) is 2.95. The van der Waals surface area contributed by atoms with E-state index < -0.39 is 5.91 Å². The summed E-state index contributed by atoms with van der Waals surface area (Å²) in [6, 6.07) is 16.6. The molecule has 0 aliphatic rings. The molecule has 0 saturated carbocycles. The van der Waals surface area contributed by atoms with Crippen LogP contribution in [-0.4, -0.2) is 46.0 Å². The summed E-state index contributed by atoms with van der Waals surface area (Å²) in [6.45, 7) is 3.06. The number of methoxy groups -OCH3 is 1. The average molecular weight is 410 g/mol. The van der Waals surface area contributed by atoms with E-state index in [4.69, 9.17) is 4.74 Å². The lowest BCUT2D eigenvalue weighted by molar-refractivity contribution is -0.117.